The Hall–Kier alpha value is -1.86. The minimum Gasteiger partial charge on any atom is -0.211 e. The summed E-state index contributed by atoms with van der Waals surface area (Å²) in [5.41, 5.74) is -1.03. The third-order valence-electron chi connectivity index (χ3n) is 2.50. The van der Waals surface area contributed by atoms with Gasteiger partial charge < -0.3 is 0 Å². The van der Waals surface area contributed by atoms with Gasteiger partial charge in [-0.05, 0) is 25.7 Å². The summed E-state index contributed by atoms with van der Waals surface area (Å²) in [5.74, 6) is 0. The van der Waals surface area contributed by atoms with E-state index in [1.54, 1.807) is 0 Å². The van der Waals surface area contributed by atoms with Crippen molar-refractivity contribution in [3.63, 3.8) is 0 Å². The molecule has 0 bridgehead atoms. The van der Waals surface area contributed by atoms with Crippen LogP contribution in [0.2, 0.25) is 0 Å². The molecule has 15 heavy (non-hydrogen) atoms. The molecule has 1 aliphatic rings. The highest BCUT2D eigenvalue weighted by atomic mass is 16.1. The van der Waals surface area contributed by atoms with E-state index in [2.05, 4.69) is 15.0 Å². The highest BCUT2D eigenvalue weighted by Crippen LogP contribution is 2.33. The Labute approximate surface area is 85.8 Å². The van der Waals surface area contributed by atoms with E-state index in [9.17, 15) is 14.4 Å². The molecule has 0 N–H and O–H groups in total. The lowest BCUT2D eigenvalue weighted by molar-refractivity contribution is 0.285. The predicted molar refractivity (Wildman–Crippen MR) is 49.4 cm³/mol. The third-order valence-corrected chi connectivity index (χ3v) is 2.50. The van der Waals surface area contributed by atoms with Crippen molar-refractivity contribution in [2.75, 3.05) is 0 Å². The Morgan fingerprint density at radius 2 is 1.47 bits per heavy atom. The normalized spacial score (nSPS) is 29.2. The van der Waals surface area contributed by atoms with Gasteiger partial charge in [0.05, 0.1) is 6.04 Å². The van der Waals surface area contributed by atoms with Crippen LogP contribution in [0.4, 0.5) is 0 Å². The third kappa shape index (κ3) is 2.79. The molecular weight excluding hydrogens is 198 g/mol. The van der Waals surface area contributed by atoms with Gasteiger partial charge >= 0.3 is 0 Å². The van der Waals surface area contributed by atoms with E-state index < -0.39 is 5.66 Å². The van der Waals surface area contributed by atoms with Crippen LogP contribution in [-0.2, 0) is 14.4 Å². The van der Waals surface area contributed by atoms with E-state index in [1.807, 2.05) is 0 Å². The van der Waals surface area contributed by atoms with Gasteiger partial charge in [-0.1, -0.05) is 0 Å². The standard InChI is InChI=1S/C9H9N3O3/c13-5-10-8-1-3-9(4-2-8,11-6-14)12-7-15/h8H,1-4H2. The first-order valence-corrected chi connectivity index (χ1v) is 4.51. The summed E-state index contributed by atoms with van der Waals surface area (Å²) in [6.45, 7) is 0. The van der Waals surface area contributed by atoms with Crippen LogP contribution in [0, 0.1) is 0 Å². The van der Waals surface area contributed by atoms with E-state index in [0.717, 1.165) is 0 Å². The van der Waals surface area contributed by atoms with Crippen LogP contribution >= 0.6 is 0 Å². The molecule has 0 atom stereocenters. The Kier molecular flexibility index (Phi) is 3.83. The molecule has 0 saturated heterocycles. The maximum Gasteiger partial charge on any atom is 0.237 e. The van der Waals surface area contributed by atoms with Crippen molar-refractivity contribution in [2.24, 2.45) is 15.0 Å². The monoisotopic (exact) mass is 207 g/mol. The molecule has 0 aromatic carbocycles. The Bertz CT molecular complexity index is 346. The van der Waals surface area contributed by atoms with Gasteiger partial charge in [-0.25, -0.2) is 19.4 Å². The van der Waals surface area contributed by atoms with Crippen LogP contribution in [0.25, 0.3) is 0 Å². The molecule has 6 heteroatoms. The van der Waals surface area contributed by atoms with Gasteiger partial charge in [0.1, 0.15) is 0 Å². The molecule has 0 radical (unpaired) electrons. The van der Waals surface area contributed by atoms with Crippen LogP contribution in [0.3, 0.4) is 0 Å². The van der Waals surface area contributed by atoms with Crippen molar-refractivity contribution in [1.82, 2.24) is 0 Å². The van der Waals surface area contributed by atoms with Gasteiger partial charge in [-0.3, -0.25) is 0 Å². The molecule has 0 aromatic heterocycles. The second-order valence-electron chi connectivity index (χ2n) is 3.34. The topological polar surface area (TPSA) is 88.3 Å². The fourth-order valence-corrected chi connectivity index (χ4v) is 1.69. The summed E-state index contributed by atoms with van der Waals surface area (Å²) in [6, 6.07) is -0.112. The molecular formula is C9H9N3O3. The molecule has 1 saturated carbocycles. The smallest absolute Gasteiger partial charge is 0.211 e. The second-order valence-corrected chi connectivity index (χ2v) is 3.34. The highest BCUT2D eigenvalue weighted by Gasteiger charge is 2.35. The Balaban J connectivity index is 2.77. The summed E-state index contributed by atoms with van der Waals surface area (Å²) < 4.78 is 0. The van der Waals surface area contributed by atoms with Crippen LogP contribution < -0.4 is 0 Å². The maximum atomic E-state index is 10.2. The van der Waals surface area contributed by atoms with Gasteiger partial charge in [0.25, 0.3) is 0 Å². The summed E-state index contributed by atoms with van der Waals surface area (Å²) >= 11 is 0. The highest BCUT2D eigenvalue weighted by molar-refractivity contribution is 5.39. The summed E-state index contributed by atoms with van der Waals surface area (Å²) in [7, 11) is 0. The van der Waals surface area contributed by atoms with Gasteiger partial charge in [-0.15, -0.1) is 0 Å². The molecule has 0 amide bonds. The fraction of sp³-hybridized carbons (Fsp3) is 0.667. The van der Waals surface area contributed by atoms with Crippen LogP contribution in [-0.4, -0.2) is 29.9 Å². The van der Waals surface area contributed by atoms with Gasteiger partial charge in [-0.2, -0.15) is 9.98 Å². The van der Waals surface area contributed by atoms with Gasteiger partial charge in [0.2, 0.25) is 18.2 Å². The Morgan fingerprint density at radius 3 is 1.87 bits per heavy atom. The molecule has 1 fully saturated rings. The second kappa shape index (κ2) is 5.13. The molecule has 0 aromatic rings. The number of hydrogen-bond acceptors (Lipinski definition) is 6. The van der Waals surface area contributed by atoms with E-state index >= 15 is 0 Å². The zero-order valence-corrected chi connectivity index (χ0v) is 7.97. The molecule has 78 valence electrons. The van der Waals surface area contributed by atoms with E-state index in [0.29, 0.717) is 25.7 Å². The minimum atomic E-state index is -1.03. The number of aliphatic imine (C=N–C) groups is 3. The molecule has 0 aliphatic heterocycles. The van der Waals surface area contributed by atoms with Crippen LogP contribution in [0.1, 0.15) is 25.7 Å². The zero-order valence-electron chi connectivity index (χ0n) is 7.97. The number of carbonyl (C=O) groups excluding carboxylic acids is 3. The first-order valence-electron chi connectivity index (χ1n) is 4.51. The molecule has 0 heterocycles. The van der Waals surface area contributed by atoms with Gasteiger partial charge in [0, 0.05) is 0 Å². The predicted octanol–water partition coefficient (Wildman–Crippen LogP) is 0.633. The van der Waals surface area contributed by atoms with Crippen molar-refractivity contribution >= 4 is 18.2 Å². The average molecular weight is 207 g/mol. The fourth-order valence-electron chi connectivity index (χ4n) is 1.69. The summed E-state index contributed by atoms with van der Waals surface area (Å²) in [4.78, 5) is 41.0. The average Bonchev–Trinajstić information content (AvgIpc) is 2.23. The number of nitrogens with zero attached hydrogens (tertiary/aromatic N) is 3. The quantitative estimate of drug-likeness (QED) is 0.502. The van der Waals surface area contributed by atoms with Crippen molar-refractivity contribution in [2.45, 2.75) is 37.4 Å². The van der Waals surface area contributed by atoms with E-state index in [-0.39, 0.29) is 6.04 Å². The van der Waals surface area contributed by atoms with E-state index in [4.69, 9.17) is 0 Å². The molecule has 6 nitrogen and oxygen atoms in total. The number of rotatable bonds is 3. The van der Waals surface area contributed by atoms with Crippen molar-refractivity contribution < 1.29 is 14.4 Å². The lowest BCUT2D eigenvalue weighted by Crippen LogP contribution is -2.31. The maximum absolute atomic E-state index is 10.2. The first-order chi connectivity index (χ1) is 7.26. The van der Waals surface area contributed by atoms with Gasteiger partial charge in [0.15, 0.2) is 5.66 Å². The number of hydrogen-bond donors (Lipinski definition) is 0. The summed E-state index contributed by atoms with van der Waals surface area (Å²) in [6.07, 6.45) is 6.18. The number of isocyanates is 3. The van der Waals surface area contributed by atoms with Crippen LogP contribution in [0.5, 0.6) is 0 Å². The van der Waals surface area contributed by atoms with Crippen molar-refractivity contribution in [1.29, 1.82) is 0 Å². The first kappa shape index (κ1) is 11.2. The zero-order chi connectivity index (χ0) is 11.1. The van der Waals surface area contributed by atoms with E-state index in [1.165, 1.54) is 18.2 Å². The molecule has 0 unspecified atom stereocenters. The van der Waals surface area contributed by atoms with Crippen molar-refractivity contribution in [3.8, 4) is 0 Å². The van der Waals surface area contributed by atoms with Crippen LogP contribution in [0.15, 0.2) is 15.0 Å². The minimum absolute atomic E-state index is 0.112. The largest absolute Gasteiger partial charge is 0.237 e. The molecule has 1 rings (SSSR count). The van der Waals surface area contributed by atoms with Crippen molar-refractivity contribution in [3.05, 3.63) is 0 Å². The lowest BCUT2D eigenvalue weighted by atomic mass is 9.87. The molecule has 0 spiro atoms. The molecule has 1 aliphatic carbocycles. The Morgan fingerprint density at radius 1 is 0.933 bits per heavy atom. The SMILES string of the molecule is O=C=NC1CCC(N=C=O)(N=C=O)CC1. The summed E-state index contributed by atoms with van der Waals surface area (Å²) in [5, 5.41) is 0. The lowest BCUT2D eigenvalue weighted by Gasteiger charge is -2.29.